The van der Waals surface area contributed by atoms with Crippen LogP contribution in [0.15, 0.2) is 78.9 Å². The first-order chi connectivity index (χ1) is 10.6. The molecule has 3 aromatic carbocycles. The molecule has 22 heavy (non-hydrogen) atoms. The fourth-order valence-electron chi connectivity index (χ4n) is 2.91. The van der Waals surface area contributed by atoms with Crippen molar-refractivity contribution in [2.45, 2.75) is 6.55 Å². The molecule has 0 aliphatic carbocycles. The summed E-state index contributed by atoms with van der Waals surface area (Å²) in [5.74, 6) is 0.541. The van der Waals surface area contributed by atoms with Crippen molar-refractivity contribution < 1.29 is 10.2 Å². The summed E-state index contributed by atoms with van der Waals surface area (Å²) in [5.41, 5.74) is 0. The molecule has 0 aromatic heterocycles. The van der Waals surface area contributed by atoms with Crippen LogP contribution >= 0.6 is 0 Å². The fraction of sp³-hybridized carbons (Fsp3) is 0.0526. The first-order valence-corrected chi connectivity index (χ1v) is 9.75. The summed E-state index contributed by atoms with van der Waals surface area (Å²) in [6.07, 6.45) is 0. The summed E-state index contributed by atoms with van der Waals surface area (Å²) >= 11 is 0. The van der Waals surface area contributed by atoms with E-state index in [0.29, 0.717) is 0 Å². The minimum atomic E-state index is -2.26. The van der Waals surface area contributed by atoms with Crippen molar-refractivity contribution in [2.75, 3.05) is 0 Å². The molecular formula is C19H18O2Si. The van der Waals surface area contributed by atoms with Crippen molar-refractivity contribution in [3.05, 3.63) is 78.9 Å². The van der Waals surface area contributed by atoms with E-state index in [1.165, 1.54) is 5.19 Å². The molecule has 3 rings (SSSR count). The van der Waals surface area contributed by atoms with E-state index in [4.69, 9.17) is 0 Å². The van der Waals surface area contributed by atoms with Crippen LogP contribution in [0.2, 0.25) is 6.55 Å². The predicted octanol–water partition coefficient (Wildman–Crippen LogP) is 2.20. The van der Waals surface area contributed by atoms with E-state index in [1.807, 2.05) is 42.5 Å². The molecular weight excluding hydrogens is 288 g/mol. The smallest absolute Gasteiger partial charge is 0.145 e. The van der Waals surface area contributed by atoms with Gasteiger partial charge in [0.05, 0.1) is 0 Å². The zero-order chi connectivity index (χ0) is 15.6. The summed E-state index contributed by atoms with van der Waals surface area (Å²) in [6, 6.07) is 25.2. The molecule has 3 heteroatoms. The van der Waals surface area contributed by atoms with Gasteiger partial charge in [-0.05, 0) is 39.8 Å². The fourth-order valence-corrected chi connectivity index (χ4v) is 6.50. The largest absolute Gasteiger partial charge is 0.508 e. The van der Waals surface area contributed by atoms with Crippen molar-refractivity contribution in [3.8, 4) is 11.5 Å². The molecule has 0 amide bonds. The molecule has 3 aromatic rings. The number of phenols is 2. The molecule has 2 N–H and O–H groups in total. The first kappa shape index (κ1) is 14.4. The normalized spacial score (nSPS) is 11.3. The molecule has 0 saturated carbocycles. The van der Waals surface area contributed by atoms with Crippen LogP contribution in [0.3, 0.4) is 0 Å². The third-order valence-electron chi connectivity index (χ3n) is 4.20. The molecule has 0 unspecified atom stereocenters. The lowest BCUT2D eigenvalue weighted by molar-refractivity contribution is 0.475. The van der Waals surface area contributed by atoms with Crippen LogP contribution in [0.5, 0.6) is 11.5 Å². The van der Waals surface area contributed by atoms with E-state index in [-0.39, 0.29) is 11.5 Å². The Morgan fingerprint density at radius 1 is 0.591 bits per heavy atom. The number of rotatable bonds is 3. The van der Waals surface area contributed by atoms with E-state index in [0.717, 1.165) is 10.4 Å². The predicted molar refractivity (Wildman–Crippen MR) is 93.2 cm³/mol. The maximum atomic E-state index is 9.90. The van der Waals surface area contributed by atoms with Gasteiger partial charge in [-0.3, -0.25) is 0 Å². The highest BCUT2D eigenvalue weighted by atomic mass is 28.3. The van der Waals surface area contributed by atoms with Crippen LogP contribution in [0.1, 0.15) is 0 Å². The van der Waals surface area contributed by atoms with Gasteiger partial charge in [0, 0.05) is 0 Å². The Morgan fingerprint density at radius 2 is 1.05 bits per heavy atom. The average molecular weight is 306 g/mol. The van der Waals surface area contributed by atoms with Crippen LogP contribution in [-0.2, 0) is 0 Å². The second-order valence-corrected chi connectivity index (χ2v) is 9.57. The van der Waals surface area contributed by atoms with Gasteiger partial charge in [-0.15, -0.1) is 0 Å². The maximum absolute atomic E-state index is 9.90. The molecule has 0 aliphatic heterocycles. The molecule has 0 heterocycles. The van der Waals surface area contributed by atoms with Gasteiger partial charge in [0.1, 0.15) is 19.6 Å². The van der Waals surface area contributed by atoms with Crippen LogP contribution < -0.4 is 15.6 Å². The molecule has 110 valence electrons. The highest BCUT2D eigenvalue weighted by Crippen LogP contribution is 2.14. The van der Waals surface area contributed by atoms with Crippen molar-refractivity contribution in [1.29, 1.82) is 0 Å². The number of aromatic hydroxyl groups is 2. The van der Waals surface area contributed by atoms with Crippen molar-refractivity contribution in [3.63, 3.8) is 0 Å². The van der Waals surface area contributed by atoms with Gasteiger partial charge < -0.3 is 10.2 Å². The third kappa shape index (κ3) is 2.51. The molecule has 0 radical (unpaired) electrons. The third-order valence-corrected chi connectivity index (χ3v) is 8.62. The quantitative estimate of drug-likeness (QED) is 0.575. The van der Waals surface area contributed by atoms with Gasteiger partial charge in [0.15, 0.2) is 0 Å². The topological polar surface area (TPSA) is 40.5 Å². The lowest BCUT2D eigenvalue weighted by Gasteiger charge is -2.29. The summed E-state index contributed by atoms with van der Waals surface area (Å²) in [4.78, 5) is 0. The average Bonchev–Trinajstić information content (AvgIpc) is 2.55. The Kier molecular flexibility index (Phi) is 3.73. The van der Waals surface area contributed by atoms with Gasteiger partial charge in [0.25, 0.3) is 0 Å². The SMILES string of the molecule is C[Si](c1ccccc1)(c1cccc(O)c1)c1cccc(O)c1. The Bertz CT molecular complexity index is 739. The lowest BCUT2D eigenvalue weighted by atomic mass is 10.3. The van der Waals surface area contributed by atoms with Crippen LogP contribution in [0.25, 0.3) is 0 Å². The van der Waals surface area contributed by atoms with Gasteiger partial charge in [-0.1, -0.05) is 61.1 Å². The van der Waals surface area contributed by atoms with Gasteiger partial charge >= 0.3 is 0 Å². The Labute approximate surface area is 131 Å². The Morgan fingerprint density at radius 3 is 1.50 bits per heavy atom. The van der Waals surface area contributed by atoms with Crippen LogP contribution in [0, 0.1) is 0 Å². The molecule has 0 aliphatic rings. The number of hydrogen-bond acceptors (Lipinski definition) is 2. The first-order valence-electron chi connectivity index (χ1n) is 7.25. The maximum Gasteiger partial charge on any atom is 0.145 e. The molecule has 0 atom stereocenters. The highest BCUT2D eigenvalue weighted by Gasteiger charge is 2.34. The van der Waals surface area contributed by atoms with Crippen LogP contribution in [-0.4, -0.2) is 18.3 Å². The van der Waals surface area contributed by atoms with Gasteiger partial charge in [-0.2, -0.15) is 0 Å². The summed E-state index contributed by atoms with van der Waals surface area (Å²) < 4.78 is 0. The summed E-state index contributed by atoms with van der Waals surface area (Å²) in [7, 11) is -2.26. The van der Waals surface area contributed by atoms with Gasteiger partial charge in [0.2, 0.25) is 0 Å². The minimum Gasteiger partial charge on any atom is -0.508 e. The Balaban J connectivity index is 2.27. The Hall–Kier alpha value is -2.52. The summed E-state index contributed by atoms with van der Waals surface area (Å²) in [6.45, 7) is 2.24. The zero-order valence-electron chi connectivity index (χ0n) is 12.4. The van der Waals surface area contributed by atoms with E-state index < -0.39 is 8.07 Å². The molecule has 0 spiro atoms. The van der Waals surface area contributed by atoms with Crippen LogP contribution in [0.4, 0.5) is 0 Å². The second-order valence-electron chi connectivity index (χ2n) is 5.59. The van der Waals surface area contributed by atoms with Gasteiger partial charge in [-0.25, -0.2) is 0 Å². The number of phenolic OH excluding ortho intramolecular Hbond substituents is 2. The van der Waals surface area contributed by atoms with E-state index in [9.17, 15) is 10.2 Å². The van der Waals surface area contributed by atoms with Crippen molar-refractivity contribution >= 4 is 23.6 Å². The molecule has 0 saturated heterocycles. The summed E-state index contributed by atoms with van der Waals surface area (Å²) in [5, 5.41) is 23.3. The minimum absolute atomic E-state index is 0.271. The molecule has 0 fully saturated rings. The highest BCUT2D eigenvalue weighted by molar-refractivity contribution is 7.10. The van der Waals surface area contributed by atoms with Crippen molar-refractivity contribution in [2.24, 2.45) is 0 Å². The molecule has 2 nitrogen and oxygen atoms in total. The van der Waals surface area contributed by atoms with E-state index >= 15 is 0 Å². The second kappa shape index (κ2) is 5.70. The number of hydrogen-bond donors (Lipinski definition) is 2. The number of benzene rings is 3. The zero-order valence-corrected chi connectivity index (χ0v) is 13.4. The van der Waals surface area contributed by atoms with E-state index in [2.05, 4.69) is 30.8 Å². The standard InChI is InChI=1S/C19H18O2Si/c1-22(17-9-3-2-4-10-17,18-11-5-7-15(20)13-18)19-12-6-8-16(21)14-19/h2-14,20-21H,1H3. The molecule has 0 bridgehead atoms. The van der Waals surface area contributed by atoms with Crippen molar-refractivity contribution in [1.82, 2.24) is 0 Å². The lowest BCUT2D eigenvalue weighted by Crippen LogP contribution is -2.64. The monoisotopic (exact) mass is 306 g/mol. The van der Waals surface area contributed by atoms with E-state index in [1.54, 1.807) is 12.1 Å².